The highest BCUT2D eigenvalue weighted by molar-refractivity contribution is 6.33. The van der Waals surface area contributed by atoms with E-state index in [1.807, 2.05) is 6.92 Å². The van der Waals surface area contributed by atoms with Gasteiger partial charge in [-0.25, -0.2) is 0 Å². The summed E-state index contributed by atoms with van der Waals surface area (Å²) < 4.78 is 0. The van der Waals surface area contributed by atoms with Gasteiger partial charge in [0.2, 0.25) is 5.91 Å². The number of rotatable bonds is 4. The maximum Gasteiger partial charge on any atom is 0.253 e. The maximum absolute atomic E-state index is 11.7. The Labute approximate surface area is 106 Å². The Morgan fingerprint density at radius 2 is 2.06 bits per heavy atom. The molecule has 2 radical (unpaired) electrons. The van der Waals surface area contributed by atoms with E-state index in [1.165, 1.54) is 0 Å². The van der Waals surface area contributed by atoms with Crippen LogP contribution in [0.4, 0.5) is 0 Å². The Kier molecular flexibility index (Phi) is 5.03. The van der Waals surface area contributed by atoms with Crippen LogP contribution in [0.2, 0.25) is 5.02 Å². The summed E-state index contributed by atoms with van der Waals surface area (Å²) in [5, 5.41) is 5.18. The molecule has 88 valence electrons. The minimum absolute atomic E-state index is 0.0416. The van der Waals surface area contributed by atoms with E-state index in [4.69, 9.17) is 19.4 Å². The first-order chi connectivity index (χ1) is 8.04. The molecular weight excluding hydrogens is 238 g/mol. The molecule has 0 saturated carbocycles. The number of hydrogen-bond acceptors (Lipinski definition) is 2. The Balaban J connectivity index is 2.64. The third-order valence-corrected chi connectivity index (χ3v) is 2.40. The van der Waals surface area contributed by atoms with Crippen molar-refractivity contribution in [1.82, 2.24) is 10.6 Å². The third kappa shape index (κ3) is 4.11. The molecule has 4 nitrogen and oxygen atoms in total. The zero-order valence-corrected chi connectivity index (χ0v) is 10.2. The molecule has 1 rings (SSSR count). The van der Waals surface area contributed by atoms with Gasteiger partial charge in [-0.05, 0) is 25.5 Å². The topological polar surface area (TPSA) is 58.2 Å². The number of hydrogen-bond donors (Lipinski definition) is 2. The van der Waals surface area contributed by atoms with Crippen LogP contribution in [0.15, 0.2) is 18.2 Å². The number of halogens is 1. The summed E-state index contributed by atoms with van der Waals surface area (Å²) in [5.41, 5.74) is 1.28. The van der Waals surface area contributed by atoms with Crippen LogP contribution in [0.1, 0.15) is 15.9 Å². The van der Waals surface area contributed by atoms with Gasteiger partial charge < -0.3 is 10.6 Å². The van der Waals surface area contributed by atoms with E-state index in [0.717, 1.165) is 5.56 Å². The molecule has 6 heteroatoms. The largest absolute Gasteiger partial charge is 0.364 e. The maximum atomic E-state index is 11.7. The lowest BCUT2D eigenvalue weighted by Crippen LogP contribution is -2.37. The first kappa shape index (κ1) is 13.6. The minimum atomic E-state index is -0.383. The Morgan fingerprint density at radius 1 is 1.35 bits per heavy atom. The van der Waals surface area contributed by atoms with Gasteiger partial charge in [-0.2, -0.15) is 0 Å². The van der Waals surface area contributed by atoms with Crippen molar-refractivity contribution in [1.29, 1.82) is 0 Å². The zero-order chi connectivity index (χ0) is 12.8. The van der Waals surface area contributed by atoms with E-state index in [-0.39, 0.29) is 24.8 Å². The third-order valence-electron chi connectivity index (χ3n) is 2.08. The summed E-state index contributed by atoms with van der Waals surface area (Å²) in [6, 6.07) is 5.12. The summed E-state index contributed by atoms with van der Waals surface area (Å²) in [5.74, 6) is -0.726. The second-order valence-electron chi connectivity index (χ2n) is 3.47. The SMILES string of the molecule is [B]CNC(=O)CNC(=O)c1cc(C)ccc1Cl. The van der Waals surface area contributed by atoms with E-state index >= 15 is 0 Å². The number of carbonyl (C=O) groups is 2. The molecule has 0 atom stereocenters. The van der Waals surface area contributed by atoms with E-state index in [1.54, 1.807) is 18.2 Å². The average molecular weight is 250 g/mol. The molecule has 1 aromatic rings. The number of benzene rings is 1. The lowest BCUT2D eigenvalue weighted by molar-refractivity contribution is -0.119. The molecule has 2 N–H and O–H groups in total. The molecule has 0 bridgehead atoms. The molecule has 0 aliphatic rings. The normalized spacial score (nSPS) is 9.76. The van der Waals surface area contributed by atoms with Crippen LogP contribution < -0.4 is 10.6 Å². The molecule has 17 heavy (non-hydrogen) atoms. The smallest absolute Gasteiger partial charge is 0.253 e. The van der Waals surface area contributed by atoms with Crippen LogP contribution >= 0.6 is 11.6 Å². The minimum Gasteiger partial charge on any atom is -0.364 e. The predicted molar refractivity (Wildman–Crippen MR) is 67.3 cm³/mol. The van der Waals surface area contributed by atoms with Crippen molar-refractivity contribution >= 4 is 31.3 Å². The molecule has 1 aromatic carbocycles. The highest BCUT2D eigenvalue weighted by atomic mass is 35.5. The predicted octanol–water partition coefficient (Wildman–Crippen LogP) is 0.620. The van der Waals surface area contributed by atoms with Crippen LogP contribution in [0, 0.1) is 6.92 Å². The molecule has 0 saturated heterocycles. The van der Waals surface area contributed by atoms with E-state index in [9.17, 15) is 9.59 Å². The zero-order valence-electron chi connectivity index (χ0n) is 9.42. The number of amides is 2. The molecule has 0 aromatic heterocycles. The fourth-order valence-corrected chi connectivity index (χ4v) is 1.45. The summed E-state index contributed by atoms with van der Waals surface area (Å²) in [4.78, 5) is 22.8. The van der Waals surface area contributed by atoms with Crippen molar-refractivity contribution in [3.8, 4) is 0 Å². The average Bonchev–Trinajstić information content (AvgIpc) is 2.29. The van der Waals surface area contributed by atoms with E-state index in [2.05, 4.69) is 10.6 Å². The van der Waals surface area contributed by atoms with Crippen LogP contribution in [-0.4, -0.2) is 32.6 Å². The van der Waals surface area contributed by atoms with Gasteiger partial charge in [0, 0.05) is 0 Å². The van der Waals surface area contributed by atoms with Crippen LogP contribution in [0.25, 0.3) is 0 Å². The van der Waals surface area contributed by atoms with E-state index < -0.39 is 0 Å². The summed E-state index contributed by atoms with van der Waals surface area (Å²) >= 11 is 5.89. The van der Waals surface area contributed by atoms with Crippen LogP contribution in [0.3, 0.4) is 0 Å². The highest BCUT2D eigenvalue weighted by Crippen LogP contribution is 2.16. The molecule has 0 fully saturated rings. The van der Waals surface area contributed by atoms with Crippen molar-refractivity contribution in [2.24, 2.45) is 0 Å². The van der Waals surface area contributed by atoms with Gasteiger partial charge in [0.15, 0.2) is 0 Å². The highest BCUT2D eigenvalue weighted by Gasteiger charge is 2.11. The summed E-state index contributed by atoms with van der Waals surface area (Å²) in [7, 11) is 5.13. The summed E-state index contributed by atoms with van der Waals surface area (Å²) in [6.45, 7) is 1.73. The van der Waals surface area contributed by atoms with Crippen LogP contribution in [-0.2, 0) is 4.79 Å². The Hall–Kier alpha value is -1.49. The molecule has 0 heterocycles. The van der Waals surface area contributed by atoms with Gasteiger partial charge >= 0.3 is 0 Å². The van der Waals surface area contributed by atoms with Gasteiger partial charge in [-0.3, -0.25) is 9.59 Å². The van der Waals surface area contributed by atoms with Crippen molar-refractivity contribution in [3.63, 3.8) is 0 Å². The fraction of sp³-hybridized carbons (Fsp3) is 0.273. The van der Waals surface area contributed by atoms with Gasteiger partial charge in [-0.1, -0.05) is 23.2 Å². The van der Waals surface area contributed by atoms with Crippen molar-refractivity contribution in [2.45, 2.75) is 6.92 Å². The second-order valence-corrected chi connectivity index (χ2v) is 3.88. The number of aryl methyl sites for hydroxylation is 1. The standard InChI is InChI=1S/C11H12BClN2O2/c1-7-2-3-9(13)8(4-7)11(17)14-5-10(16)15-6-12/h2-4H,5-6H2,1H3,(H,14,17)(H,15,16). The van der Waals surface area contributed by atoms with Gasteiger partial charge in [0.25, 0.3) is 5.91 Å². The second kappa shape index (κ2) is 6.30. The first-order valence-corrected chi connectivity index (χ1v) is 5.43. The molecule has 0 spiro atoms. The van der Waals surface area contributed by atoms with Gasteiger partial charge in [0.1, 0.15) is 0 Å². The van der Waals surface area contributed by atoms with Gasteiger partial charge in [-0.15, -0.1) is 0 Å². The van der Waals surface area contributed by atoms with E-state index in [0.29, 0.717) is 10.6 Å². The van der Waals surface area contributed by atoms with Crippen molar-refractivity contribution < 1.29 is 9.59 Å². The Morgan fingerprint density at radius 3 is 2.71 bits per heavy atom. The first-order valence-electron chi connectivity index (χ1n) is 5.05. The number of nitrogens with one attached hydrogen (secondary N) is 2. The van der Waals surface area contributed by atoms with Crippen molar-refractivity contribution in [2.75, 3.05) is 13.0 Å². The molecular formula is C11H12BClN2O2. The number of carbonyl (C=O) groups excluding carboxylic acids is 2. The molecule has 2 amide bonds. The molecule has 0 unspecified atom stereocenters. The fourth-order valence-electron chi connectivity index (χ4n) is 1.25. The monoisotopic (exact) mass is 250 g/mol. The molecule has 0 aliphatic heterocycles. The quantitative estimate of drug-likeness (QED) is 0.770. The molecule has 0 aliphatic carbocycles. The lowest BCUT2D eigenvalue weighted by Gasteiger charge is -2.07. The van der Waals surface area contributed by atoms with Gasteiger partial charge in [0.05, 0.1) is 25.0 Å². The van der Waals surface area contributed by atoms with Crippen LogP contribution in [0.5, 0.6) is 0 Å². The van der Waals surface area contributed by atoms with Crippen molar-refractivity contribution in [3.05, 3.63) is 34.3 Å². The summed E-state index contributed by atoms with van der Waals surface area (Å²) in [6.07, 6.45) is 0.0416. The lowest BCUT2D eigenvalue weighted by atomic mass is 10.1. The Bertz CT molecular complexity index is 437.